The van der Waals surface area contributed by atoms with Gasteiger partial charge in [0.2, 0.25) is 10.0 Å². The lowest BCUT2D eigenvalue weighted by Gasteiger charge is -2.19. The van der Waals surface area contributed by atoms with Gasteiger partial charge in [0.25, 0.3) is 6.43 Å². The molecule has 0 fully saturated rings. The predicted molar refractivity (Wildman–Crippen MR) is 74.2 cm³/mol. The standard InChI is InChI=1S/C13H19F3N2O2S/c1-3-6-17-8-10-4-5-11(14)7-12(10)21(19,20)18(2)9-13(15)16/h4-5,7,13,17H,3,6,8-9H2,1-2H3. The number of nitrogens with zero attached hydrogens (tertiary/aromatic N) is 1. The van der Waals surface area contributed by atoms with Gasteiger partial charge in [0.15, 0.2) is 0 Å². The molecule has 0 aromatic heterocycles. The number of halogens is 3. The molecule has 21 heavy (non-hydrogen) atoms. The van der Waals surface area contributed by atoms with Gasteiger partial charge in [-0.15, -0.1) is 0 Å². The van der Waals surface area contributed by atoms with Crippen molar-refractivity contribution in [2.45, 2.75) is 31.2 Å². The van der Waals surface area contributed by atoms with Crippen molar-refractivity contribution in [1.82, 2.24) is 9.62 Å². The summed E-state index contributed by atoms with van der Waals surface area (Å²) in [6.45, 7) is 1.92. The van der Waals surface area contributed by atoms with Crippen molar-refractivity contribution in [3.8, 4) is 0 Å². The molecule has 8 heteroatoms. The predicted octanol–water partition coefficient (Wildman–Crippen LogP) is 2.21. The second kappa shape index (κ2) is 7.77. The molecule has 0 atom stereocenters. The van der Waals surface area contributed by atoms with Crippen LogP contribution in [0.5, 0.6) is 0 Å². The van der Waals surface area contributed by atoms with Crippen LogP contribution in [0.15, 0.2) is 23.1 Å². The summed E-state index contributed by atoms with van der Waals surface area (Å²) in [6, 6.07) is 3.36. The van der Waals surface area contributed by atoms with Crippen LogP contribution in [-0.4, -0.2) is 39.3 Å². The Labute approximate surface area is 123 Å². The number of nitrogens with one attached hydrogen (secondary N) is 1. The van der Waals surface area contributed by atoms with Crippen LogP contribution in [0.3, 0.4) is 0 Å². The van der Waals surface area contributed by atoms with Crippen LogP contribution >= 0.6 is 0 Å². The summed E-state index contributed by atoms with van der Waals surface area (Å²) in [5.41, 5.74) is 0.353. The molecule has 0 saturated heterocycles. The monoisotopic (exact) mass is 324 g/mol. The second-order valence-corrected chi connectivity index (χ2v) is 6.62. The van der Waals surface area contributed by atoms with Gasteiger partial charge in [0.05, 0.1) is 11.4 Å². The number of hydrogen-bond acceptors (Lipinski definition) is 3. The molecular weight excluding hydrogens is 305 g/mol. The van der Waals surface area contributed by atoms with E-state index in [2.05, 4.69) is 5.32 Å². The highest BCUT2D eigenvalue weighted by Gasteiger charge is 2.26. The number of hydrogen-bond donors (Lipinski definition) is 1. The quantitative estimate of drug-likeness (QED) is 0.746. The summed E-state index contributed by atoms with van der Waals surface area (Å²) in [4.78, 5) is -0.283. The smallest absolute Gasteiger partial charge is 0.252 e. The number of benzene rings is 1. The molecule has 0 radical (unpaired) electrons. The molecule has 4 nitrogen and oxygen atoms in total. The Morgan fingerprint density at radius 3 is 2.57 bits per heavy atom. The van der Waals surface area contributed by atoms with E-state index in [0.29, 0.717) is 16.4 Å². The minimum Gasteiger partial charge on any atom is -0.313 e. The fraction of sp³-hybridized carbons (Fsp3) is 0.538. The van der Waals surface area contributed by atoms with Gasteiger partial charge in [-0.25, -0.2) is 21.6 Å². The van der Waals surface area contributed by atoms with Gasteiger partial charge in [-0.3, -0.25) is 0 Å². The van der Waals surface area contributed by atoms with Crippen LogP contribution in [0.4, 0.5) is 13.2 Å². The van der Waals surface area contributed by atoms with E-state index in [0.717, 1.165) is 25.6 Å². The molecule has 120 valence electrons. The van der Waals surface area contributed by atoms with Gasteiger partial charge >= 0.3 is 0 Å². The first-order valence-corrected chi connectivity index (χ1v) is 7.96. The lowest BCUT2D eigenvalue weighted by Crippen LogP contribution is -2.32. The maximum absolute atomic E-state index is 13.3. The third-order valence-electron chi connectivity index (χ3n) is 2.85. The van der Waals surface area contributed by atoms with E-state index in [9.17, 15) is 21.6 Å². The number of rotatable bonds is 8. The lowest BCUT2D eigenvalue weighted by atomic mass is 10.2. The first kappa shape index (κ1) is 17.9. The van der Waals surface area contributed by atoms with Crippen molar-refractivity contribution >= 4 is 10.0 Å². The van der Waals surface area contributed by atoms with Crippen LogP contribution in [0.1, 0.15) is 18.9 Å². The molecule has 0 aliphatic carbocycles. The first-order chi connectivity index (χ1) is 9.78. The molecule has 1 N–H and O–H groups in total. The molecule has 0 saturated carbocycles. The van der Waals surface area contributed by atoms with Crippen molar-refractivity contribution < 1.29 is 21.6 Å². The van der Waals surface area contributed by atoms with E-state index in [-0.39, 0.29) is 11.4 Å². The lowest BCUT2D eigenvalue weighted by molar-refractivity contribution is 0.126. The van der Waals surface area contributed by atoms with Gasteiger partial charge in [-0.1, -0.05) is 13.0 Å². The average molecular weight is 324 g/mol. The highest BCUT2D eigenvalue weighted by Crippen LogP contribution is 2.21. The van der Waals surface area contributed by atoms with E-state index in [1.807, 2.05) is 6.92 Å². The van der Waals surface area contributed by atoms with E-state index in [4.69, 9.17) is 0 Å². The molecule has 0 unspecified atom stereocenters. The molecule has 0 heterocycles. The Morgan fingerprint density at radius 2 is 2.00 bits per heavy atom. The van der Waals surface area contributed by atoms with E-state index < -0.39 is 28.8 Å². The molecule has 0 bridgehead atoms. The number of sulfonamides is 1. The Hall–Kier alpha value is -1.12. The number of alkyl halides is 2. The van der Waals surface area contributed by atoms with Crippen molar-refractivity contribution in [1.29, 1.82) is 0 Å². The van der Waals surface area contributed by atoms with Crippen molar-refractivity contribution in [2.24, 2.45) is 0 Å². The highest BCUT2D eigenvalue weighted by atomic mass is 32.2. The summed E-state index contributed by atoms with van der Waals surface area (Å²) in [6.07, 6.45) is -1.94. The zero-order valence-electron chi connectivity index (χ0n) is 11.9. The van der Waals surface area contributed by atoms with Gasteiger partial charge in [0.1, 0.15) is 5.82 Å². The molecule has 0 aliphatic heterocycles. The third-order valence-corrected chi connectivity index (χ3v) is 4.76. The summed E-state index contributed by atoms with van der Waals surface area (Å²) < 4.78 is 63.2. The Kier molecular flexibility index (Phi) is 6.63. The van der Waals surface area contributed by atoms with Crippen molar-refractivity contribution in [3.63, 3.8) is 0 Å². The maximum atomic E-state index is 13.3. The molecule has 0 spiro atoms. The minimum absolute atomic E-state index is 0.227. The Bertz CT molecular complexity index is 565. The molecular formula is C13H19F3N2O2S. The normalized spacial score (nSPS) is 12.3. The zero-order valence-corrected chi connectivity index (χ0v) is 12.8. The van der Waals surface area contributed by atoms with Crippen molar-refractivity contribution in [2.75, 3.05) is 20.1 Å². The SMILES string of the molecule is CCCNCc1ccc(F)cc1S(=O)(=O)N(C)CC(F)F. The van der Waals surface area contributed by atoms with E-state index in [1.54, 1.807) is 0 Å². The summed E-state index contributed by atoms with van der Waals surface area (Å²) >= 11 is 0. The summed E-state index contributed by atoms with van der Waals surface area (Å²) in [7, 11) is -3.10. The van der Waals surface area contributed by atoms with Crippen LogP contribution in [-0.2, 0) is 16.6 Å². The van der Waals surface area contributed by atoms with Crippen LogP contribution < -0.4 is 5.32 Å². The summed E-state index contributed by atoms with van der Waals surface area (Å²) in [5.74, 6) is -0.724. The maximum Gasteiger partial charge on any atom is 0.252 e. The second-order valence-electron chi connectivity index (χ2n) is 4.61. The molecule has 1 aromatic carbocycles. The fourth-order valence-corrected chi connectivity index (χ4v) is 3.15. The van der Waals surface area contributed by atoms with Crippen LogP contribution in [0.25, 0.3) is 0 Å². The van der Waals surface area contributed by atoms with Gasteiger partial charge in [-0.2, -0.15) is 4.31 Å². The molecule has 0 aliphatic rings. The van der Waals surface area contributed by atoms with Crippen LogP contribution in [0.2, 0.25) is 0 Å². The van der Waals surface area contributed by atoms with Crippen molar-refractivity contribution in [3.05, 3.63) is 29.6 Å². The molecule has 1 rings (SSSR count). The molecule has 0 amide bonds. The van der Waals surface area contributed by atoms with Gasteiger partial charge in [0, 0.05) is 13.6 Å². The zero-order chi connectivity index (χ0) is 16.0. The molecule has 1 aromatic rings. The third kappa shape index (κ3) is 4.98. The van der Waals surface area contributed by atoms with E-state index in [1.165, 1.54) is 6.07 Å². The van der Waals surface area contributed by atoms with E-state index >= 15 is 0 Å². The topological polar surface area (TPSA) is 49.4 Å². The highest BCUT2D eigenvalue weighted by molar-refractivity contribution is 7.89. The van der Waals surface area contributed by atoms with Gasteiger partial charge in [-0.05, 0) is 30.7 Å². The van der Waals surface area contributed by atoms with Crippen LogP contribution in [0, 0.1) is 5.82 Å². The average Bonchev–Trinajstić information content (AvgIpc) is 2.39. The Morgan fingerprint density at radius 1 is 1.33 bits per heavy atom. The minimum atomic E-state index is -4.15. The first-order valence-electron chi connectivity index (χ1n) is 6.52. The summed E-state index contributed by atoms with van der Waals surface area (Å²) in [5, 5.41) is 3.01. The fourth-order valence-electron chi connectivity index (χ4n) is 1.77. The Balaban J connectivity index is 3.11. The largest absolute Gasteiger partial charge is 0.313 e. The van der Waals surface area contributed by atoms with Gasteiger partial charge < -0.3 is 5.32 Å².